The van der Waals surface area contributed by atoms with Gasteiger partial charge < -0.3 is 11.1 Å². The second-order valence-corrected chi connectivity index (χ2v) is 4.83. The van der Waals surface area contributed by atoms with Crippen molar-refractivity contribution < 1.29 is 9.72 Å². The first kappa shape index (κ1) is 14.7. The minimum absolute atomic E-state index is 0.0356. The molecule has 6 heteroatoms. The van der Waals surface area contributed by atoms with Crippen LogP contribution >= 0.6 is 0 Å². The number of amides is 1. The first-order chi connectivity index (χ1) is 9.91. The lowest BCUT2D eigenvalue weighted by Gasteiger charge is -2.24. The number of nitrogens with zero attached hydrogens (tertiary/aromatic N) is 1. The van der Waals surface area contributed by atoms with Gasteiger partial charge in [-0.25, -0.2) is 0 Å². The minimum Gasteiger partial charge on any atom is -0.324 e. The van der Waals surface area contributed by atoms with Crippen LogP contribution in [0.5, 0.6) is 0 Å². The molecule has 0 heterocycles. The third kappa shape index (κ3) is 3.24. The van der Waals surface area contributed by atoms with Crippen molar-refractivity contribution in [2.75, 3.05) is 5.32 Å². The quantitative estimate of drug-likeness (QED) is 0.665. The van der Waals surface area contributed by atoms with Crippen molar-refractivity contribution in [1.82, 2.24) is 0 Å². The molecule has 0 radical (unpaired) electrons. The third-order valence-corrected chi connectivity index (χ3v) is 3.18. The molecule has 21 heavy (non-hydrogen) atoms. The molecule has 0 bridgehead atoms. The molecule has 0 saturated heterocycles. The number of non-ortho nitro benzene ring substituents is 1. The van der Waals surface area contributed by atoms with Gasteiger partial charge in [-0.15, -0.1) is 0 Å². The Morgan fingerprint density at radius 2 is 1.71 bits per heavy atom. The van der Waals surface area contributed by atoms with Gasteiger partial charge in [0.05, 0.1) is 4.92 Å². The number of carbonyl (C=O) groups is 1. The first-order valence-electron chi connectivity index (χ1n) is 6.31. The Kier molecular flexibility index (Phi) is 4.00. The molecule has 2 aromatic carbocycles. The number of nitro groups is 1. The summed E-state index contributed by atoms with van der Waals surface area (Å²) in [7, 11) is 0. The van der Waals surface area contributed by atoms with E-state index < -0.39 is 10.5 Å². The van der Waals surface area contributed by atoms with Gasteiger partial charge in [-0.3, -0.25) is 14.9 Å². The number of hydrogen-bond donors (Lipinski definition) is 2. The molecule has 108 valence electrons. The molecule has 0 aliphatic rings. The molecule has 0 fully saturated rings. The van der Waals surface area contributed by atoms with Crippen LogP contribution in [-0.4, -0.2) is 10.8 Å². The van der Waals surface area contributed by atoms with Crippen LogP contribution < -0.4 is 11.1 Å². The largest absolute Gasteiger partial charge is 0.324 e. The molecule has 3 N–H and O–H groups in total. The van der Waals surface area contributed by atoms with E-state index in [0.29, 0.717) is 11.3 Å². The molecule has 0 saturated carbocycles. The average molecular weight is 285 g/mol. The fourth-order valence-electron chi connectivity index (χ4n) is 1.84. The fraction of sp³-hybridized carbons (Fsp3) is 0.133. The molecule has 2 rings (SSSR count). The van der Waals surface area contributed by atoms with Crippen LogP contribution in [0.1, 0.15) is 12.5 Å². The van der Waals surface area contributed by atoms with Gasteiger partial charge in [0, 0.05) is 17.8 Å². The van der Waals surface area contributed by atoms with E-state index in [9.17, 15) is 14.9 Å². The predicted molar refractivity (Wildman–Crippen MR) is 79.7 cm³/mol. The van der Waals surface area contributed by atoms with E-state index in [4.69, 9.17) is 5.73 Å². The highest BCUT2D eigenvalue weighted by molar-refractivity contribution is 5.98. The maximum absolute atomic E-state index is 12.3. The molecule has 1 unspecified atom stereocenters. The third-order valence-electron chi connectivity index (χ3n) is 3.18. The van der Waals surface area contributed by atoms with Crippen molar-refractivity contribution in [2.45, 2.75) is 12.5 Å². The van der Waals surface area contributed by atoms with Crippen molar-refractivity contribution in [1.29, 1.82) is 0 Å². The Hall–Kier alpha value is -2.73. The molecule has 0 spiro atoms. The van der Waals surface area contributed by atoms with Gasteiger partial charge in [0.25, 0.3) is 5.69 Å². The molecule has 1 atom stereocenters. The summed E-state index contributed by atoms with van der Waals surface area (Å²) in [4.78, 5) is 22.4. The van der Waals surface area contributed by atoms with Crippen LogP contribution in [0.3, 0.4) is 0 Å². The Morgan fingerprint density at radius 1 is 1.14 bits per heavy atom. The highest BCUT2D eigenvalue weighted by Crippen LogP contribution is 2.21. The zero-order chi connectivity index (χ0) is 15.5. The van der Waals surface area contributed by atoms with Crippen LogP contribution in [0.15, 0.2) is 54.6 Å². The maximum atomic E-state index is 12.3. The number of hydrogen-bond acceptors (Lipinski definition) is 4. The summed E-state index contributed by atoms with van der Waals surface area (Å²) in [5.41, 5.74) is 6.00. The Balaban J connectivity index is 2.15. The SMILES string of the molecule is CC(N)(C(=O)Nc1ccc([N+](=O)[O-])cc1)c1ccccc1. The molecule has 6 nitrogen and oxygen atoms in total. The number of anilines is 1. The lowest BCUT2D eigenvalue weighted by atomic mass is 9.92. The van der Waals surface area contributed by atoms with E-state index in [-0.39, 0.29) is 11.6 Å². The lowest BCUT2D eigenvalue weighted by molar-refractivity contribution is -0.384. The first-order valence-corrected chi connectivity index (χ1v) is 6.31. The van der Waals surface area contributed by atoms with E-state index in [1.807, 2.05) is 6.07 Å². The summed E-state index contributed by atoms with van der Waals surface area (Å²) in [5, 5.41) is 13.2. The Labute approximate surface area is 121 Å². The number of benzene rings is 2. The monoisotopic (exact) mass is 285 g/mol. The van der Waals surface area contributed by atoms with E-state index in [0.717, 1.165) is 0 Å². The van der Waals surface area contributed by atoms with E-state index >= 15 is 0 Å². The topological polar surface area (TPSA) is 98.3 Å². The number of nitro benzene ring substituents is 1. The van der Waals surface area contributed by atoms with Gasteiger partial charge >= 0.3 is 0 Å². The molecule has 0 aliphatic heterocycles. The maximum Gasteiger partial charge on any atom is 0.269 e. The summed E-state index contributed by atoms with van der Waals surface area (Å²) in [6, 6.07) is 14.6. The van der Waals surface area contributed by atoms with Gasteiger partial charge in [0.2, 0.25) is 5.91 Å². The van der Waals surface area contributed by atoms with Gasteiger partial charge in [-0.2, -0.15) is 0 Å². The normalized spacial score (nSPS) is 13.2. The lowest BCUT2D eigenvalue weighted by Crippen LogP contribution is -2.45. The van der Waals surface area contributed by atoms with Crippen molar-refractivity contribution in [3.63, 3.8) is 0 Å². The van der Waals surface area contributed by atoms with Crippen molar-refractivity contribution >= 4 is 17.3 Å². The zero-order valence-electron chi connectivity index (χ0n) is 11.4. The van der Waals surface area contributed by atoms with Gasteiger partial charge in [0.15, 0.2) is 0 Å². The van der Waals surface area contributed by atoms with Crippen LogP contribution in [-0.2, 0) is 10.3 Å². The van der Waals surface area contributed by atoms with Crippen LogP contribution in [0.2, 0.25) is 0 Å². The molecule has 0 aliphatic carbocycles. The summed E-state index contributed by atoms with van der Waals surface area (Å²) >= 11 is 0. The van der Waals surface area contributed by atoms with Crippen molar-refractivity contribution in [3.05, 3.63) is 70.3 Å². The Morgan fingerprint density at radius 3 is 2.24 bits per heavy atom. The van der Waals surface area contributed by atoms with Crippen LogP contribution in [0, 0.1) is 10.1 Å². The molecule has 2 aromatic rings. The highest BCUT2D eigenvalue weighted by atomic mass is 16.6. The van der Waals surface area contributed by atoms with Crippen LogP contribution in [0.4, 0.5) is 11.4 Å². The molecule has 0 aromatic heterocycles. The number of nitrogens with two attached hydrogens (primary N) is 1. The Bertz CT molecular complexity index is 652. The van der Waals surface area contributed by atoms with E-state index in [2.05, 4.69) is 5.32 Å². The van der Waals surface area contributed by atoms with Crippen LogP contribution in [0.25, 0.3) is 0 Å². The van der Waals surface area contributed by atoms with E-state index in [1.54, 1.807) is 31.2 Å². The standard InChI is InChI=1S/C15H15N3O3/c1-15(16,11-5-3-2-4-6-11)14(19)17-12-7-9-13(10-8-12)18(20)21/h2-10H,16H2,1H3,(H,17,19). The molecular formula is C15H15N3O3. The highest BCUT2D eigenvalue weighted by Gasteiger charge is 2.30. The number of nitrogens with one attached hydrogen (secondary N) is 1. The van der Waals surface area contributed by atoms with Gasteiger partial charge in [-0.1, -0.05) is 30.3 Å². The summed E-state index contributed by atoms with van der Waals surface area (Å²) in [6.45, 7) is 1.61. The smallest absolute Gasteiger partial charge is 0.269 e. The average Bonchev–Trinajstić information content (AvgIpc) is 2.48. The predicted octanol–water partition coefficient (Wildman–Crippen LogP) is 2.41. The van der Waals surface area contributed by atoms with Gasteiger partial charge in [0.1, 0.15) is 5.54 Å². The van der Waals surface area contributed by atoms with Crippen molar-refractivity contribution in [3.8, 4) is 0 Å². The number of carbonyl (C=O) groups excluding carboxylic acids is 1. The second-order valence-electron chi connectivity index (χ2n) is 4.83. The number of rotatable bonds is 4. The zero-order valence-corrected chi connectivity index (χ0v) is 11.4. The van der Waals surface area contributed by atoms with Crippen molar-refractivity contribution in [2.24, 2.45) is 5.73 Å². The summed E-state index contributed by atoms with van der Waals surface area (Å²) in [5.74, 6) is -0.387. The molecular weight excluding hydrogens is 270 g/mol. The summed E-state index contributed by atoms with van der Waals surface area (Å²) in [6.07, 6.45) is 0. The second kappa shape index (κ2) is 5.72. The van der Waals surface area contributed by atoms with Gasteiger partial charge in [-0.05, 0) is 24.6 Å². The molecule has 1 amide bonds. The summed E-state index contributed by atoms with van der Waals surface area (Å²) < 4.78 is 0. The van der Waals surface area contributed by atoms with E-state index in [1.165, 1.54) is 24.3 Å². The fourth-order valence-corrected chi connectivity index (χ4v) is 1.84. The minimum atomic E-state index is -1.19.